The van der Waals surface area contributed by atoms with Crippen molar-refractivity contribution in [3.8, 4) is 5.75 Å². The Bertz CT molecular complexity index is 966. The maximum Gasteiger partial charge on any atom is 0.253 e. The van der Waals surface area contributed by atoms with Crippen molar-refractivity contribution in [3.05, 3.63) is 65.2 Å². The summed E-state index contributed by atoms with van der Waals surface area (Å²) in [5.41, 5.74) is 2.19. The third kappa shape index (κ3) is 6.34. The Morgan fingerprint density at radius 1 is 1.06 bits per heavy atom. The highest BCUT2D eigenvalue weighted by atomic mass is 16.5. The van der Waals surface area contributed by atoms with Crippen molar-refractivity contribution in [3.63, 3.8) is 0 Å². The minimum Gasteiger partial charge on any atom is -0.497 e. The molecule has 3 amide bonds. The number of ether oxygens (including phenoxy) is 1. The molecule has 0 saturated carbocycles. The number of likely N-dealkylation sites (tertiary alicyclic amines) is 1. The van der Waals surface area contributed by atoms with E-state index in [1.165, 1.54) is 0 Å². The lowest BCUT2D eigenvalue weighted by molar-refractivity contribution is -0.124. The molecule has 0 spiro atoms. The molecule has 2 aromatic rings. The van der Waals surface area contributed by atoms with E-state index in [-0.39, 0.29) is 23.6 Å². The maximum atomic E-state index is 12.9. The lowest BCUT2D eigenvalue weighted by Gasteiger charge is -2.36. The number of aryl methyl sites for hydroxylation is 1. The van der Waals surface area contributed by atoms with E-state index in [2.05, 4.69) is 10.6 Å². The molecule has 2 aromatic carbocycles. The Balaban J connectivity index is 1.67. The van der Waals surface area contributed by atoms with Crippen LogP contribution in [0.1, 0.15) is 52.5 Å². The molecular weight excluding hydrogens is 418 g/mol. The number of carbonyl (C=O) groups excluding carboxylic acids is 3. The third-order valence-corrected chi connectivity index (χ3v) is 6.03. The second-order valence-corrected chi connectivity index (χ2v) is 8.47. The number of amides is 3. The van der Waals surface area contributed by atoms with Gasteiger partial charge in [-0.05, 0) is 68.5 Å². The summed E-state index contributed by atoms with van der Waals surface area (Å²) >= 11 is 0. The van der Waals surface area contributed by atoms with Crippen molar-refractivity contribution in [2.24, 2.45) is 5.92 Å². The van der Waals surface area contributed by atoms with E-state index in [1.54, 1.807) is 31.4 Å². The zero-order chi connectivity index (χ0) is 23.8. The molecule has 0 aromatic heterocycles. The monoisotopic (exact) mass is 451 g/mol. The van der Waals surface area contributed by atoms with E-state index in [9.17, 15) is 14.4 Å². The summed E-state index contributed by atoms with van der Waals surface area (Å²) in [5.74, 6) is 0.140. The molecule has 1 aliphatic heterocycles. The molecule has 1 atom stereocenters. The van der Waals surface area contributed by atoms with Crippen LogP contribution in [0, 0.1) is 12.8 Å². The molecule has 7 nitrogen and oxygen atoms in total. The largest absolute Gasteiger partial charge is 0.497 e. The lowest BCUT2D eigenvalue weighted by atomic mass is 9.88. The van der Waals surface area contributed by atoms with E-state index in [0.717, 1.165) is 12.0 Å². The molecular formula is C26H33N3O4. The molecule has 176 valence electrons. The summed E-state index contributed by atoms with van der Waals surface area (Å²) < 4.78 is 5.15. The molecule has 3 rings (SSSR count). The zero-order valence-electron chi connectivity index (χ0n) is 19.6. The van der Waals surface area contributed by atoms with Crippen molar-refractivity contribution < 1.29 is 19.1 Å². The van der Waals surface area contributed by atoms with Crippen LogP contribution < -0.4 is 15.4 Å². The second-order valence-electron chi connectivity index (χ2n) is 8.47. The summed E-state index contributed by atoms with van der Waals surface area (Å²) in [4.78, 5) is 40.5. The van der Waals surface area contributed by atoms with Crippen LogP contribution in [0.25, 0.3) is 0 Å². The fourth-order valence-electron chi connectivity index (χ4n) is 4.12. The quantitative estimate of drug-likeness (QED) is 0.645. The van der Waals surface area contributed by atoms with Crippen LogP contribution in [-0.4, -0.2) is 55.4 Å². The SMILES string of the molecule is CCCNC(=O)C(NC(=O)c1ccc(OC)cc1)C1CCN(C(=O)c2cccc(C)c2)CC1. The van der Waals surface area contributed by atoms with Gasteiger partial charge in [0.2, 0.25) is 5.91 Å². The molecule has 1 heterocycles. The van der Waals surface area contributed by atoms with Crippen LogP contribution in [0.4, 0.5) is 0 Å². The molecule has 7 heteroatoms. The number of rotatable bonds is 8. The van der Waals surface area contributed by atoms with E-state index in [4.69, 9.17) is 4.74 Å². The molecule has 0 bridgehead atoms. The third-order valence-electron chi connectivity index (χ3n) is 6.03. The number of hydrogen-bond donors (Lipinski definition) is 2. The van der Waals surface area contributed by atoms with Gasteiger partial charge >= 0.3 is 0 Å². The Hall–Kier alpha value is -3.35. The first-order chi connectivity index (χ1) is 15.9. The first kappa shape index (κ1) is 24.3. The van der Waals surface area contributed by atoms with Gasteiger partial charge in [0.05, 0.1) is 7.11 Å². The number of methoxy groups -OCH3 is 1. The van der Waals surface area contributed by atoms with Gasteiger partial charge in [-0.1, -0.05) is 24.6 Å². The van der Waals surface area contributed by atoms with Crippen molar-refractivity contribution in [1.82, 2.24) is 15.5 Å². The van der Waals surface area contributed by atoms with Crippen LogP contribution in [-0.2, 0) is 4.79 Å². The molecule has 1 aliphatic rings. The highest BCUT2D eigenvalue weighted by Crippen LogP contribution is 2.23. The first-order valence-electron chi connectivity index (χ1n) is 11.5. The number of carbonyl (C=O) groups is 3. The average molecular weight is 452 g/mol. The van der Waals surface area contributed by atoms with Gasteiger partial charge in [0.15, 0.2) is 0 Å². The molecule has 1 fully saturated rings. The Labute approximate surface area is 195 Å². The average Bonchev–Trinajstić information content (AvgIpc) is 2.85. The number of hydrogen-bond acceptors (Lipinski definition) is 4. The van der Waals surface area contributed by atoms with Gasteiger partial charge in [0.25, 0.3) is 11.8 Å². The molecule has 0 aliphatic carbocycles. The second kappa shape index (κ2) is 11.5. The highest BCUT2D eigenvalue weighted by Gasteiger charge is 2.34. The van der Waals surface area contributed by atoms with Crippen LogP contribution >= 0.6 is 0 Å². The Morgan fingerprint density at radius 2 is 1.76 bits per heavy atom. The van der Waals surface area contributed by atoms with Crippen LogP contribution in [0.5, 0.6) is 5.75 Å². The molecule has 0 radical (unpaired) electrons. The van der Waals surface area contributed by atoms with Gasteiger partial charge in [-0.3, -0.25) is 14.4 Å². The van der Waals surface area contributed by atoms with Crippen molar-refractivity contribution >= 4 is 17.7 Å². The van der Waals surface area contributed by atoms with Gasteiger partial charge in [0, 0.05) is 30.8 Å². The fourth-order valence-corrected chi connectivity index (χ4v) is 4.12. The summed E-state index contributed by atoms with van der Waals surface area (Å²) in [7, 11) is 1.57. The summed E-state index contributed by atoms with van der Waals surface area (Å²) in [6.07, 6.45) is 2.10. The van der Waals surface area contributed by atoms with Gasteiger partial charge < -0.3 is 20.3 Å². The first-order valence-corrected chi connectivity index (χ1v) is 11.5. The fraction of sp³-hybridized carbons (Fsp3) is 0.423. The number of piperidine rings is 1. The van der Waals surface area contributed by atoms with Crippen LogP contribution in [0.3, 0.4) is 0 Å². The summed E-state index contributed by atoms with van der Waals surface area (Å²) in [5, 5.41) is 5.85. The van der Waals surface area contributed by atoms with Gasteiger partial charge in [0.1, 0.15) is 11.8 Å². The molecule has 1 saturated heterocycles. The zero-order valence-corrected chi connectivity index (χ0v) is 19.6. The Morgan fingerprint density at radius 3 is 2.36 bits per heavy atom. The van der Waals surface area contributed by atoms with Crippen LogP contribution in [0.15, 0.2) is 48.5 Å². The lowest BCUT2D eigenvalue weighted by Crippen LogP contribution is -2.54. The topological polar surface area (TPSA) is 87.7 Å². The number of nitrogens with one attached hydrogen (secondary N) is 2. The molecule has 2 N–H and O–H groups in total. The predicted molar refractivity (Wildman–Crippen MR) is 127 cm³/mol. The van der Waals surface area contributed by atoms with Crippen molar-refractivity contribution in [2.45, 2.75) is 39.2 Å². The highest BCUT2D eigenvalue weighted by molar-refractivity contribution is 5.98. The van der Waals surface area contributed by atoms with E-state index in [1.807, 2.05) is 43.0 Å². The predicted octanol–water partition coefficient (Wildman–Crippen LogP) is 3.18. The van der Waals surface area contributed by atoms with Crippen molar-refractivity contribution in [1.29, 1.82) is 0 Å². The van der Waals surface area contributed by atoms with Gasteiger partial charge in [-0.15, -0.1) is 0 Å². The summed E-state index contributed by atoms with van der Waals surface area (Å²) in [6, 6.07) is 13.7. The smallest absolute Gasteiger partial charge is 0.253 e. The normalized spacial score (nSPS) is 14.9. The minimum atomic E-state index is -0.651. The number of nitrogens with zero attached hydrogens (tertiary/aromatic N) is 1. The van der Waals surface area contributed by atoms with Gasteiger partial charge in [-0.2, -0.15) is 0 Å². The standard InChI is InChI=1S/C26H33N3O4/c1-4-14-27-25(31)23(28-24(30)20-8-10-22(33-3)11-9-20)19-12-15-29(16-13-19)26(32)21-7-5-6-18(2)17-21/h5-11,17,19,23H,4,12-16H2,1-3H3,(H,27,31)(H,28,30). The van der Waals surface area contributed by atoms with Crippen molar-refractivity contribution in [2.75, 3.05) is 26.7 Å². The molecule has 33 heavy (non-hydrogen) atoms. The minimum absolute atomic E-state index is 0.00593. The Kier molecular flexibility index (Phi) is 8.46. The van der Waals surface area contributed by atoms with E-state index in [0.29, 0.717) is 49.4 Å². The summed E-state index contributed by atoms with van der Waals surface area (Å²) in [6.45, 7) is 5.61. The number of benzene rings is 2. The van der Waals surface area contributed by atoms with Crippen LogP contribution in [0.2, 0.25) is 0 Å². The van der Waals surface area contributed by atoms with E-state index >= 15 is 0 Å². The molecule has 1 unspecified atom stereocenters. The maximum absolute atomic E-state index is 12.9. The van der Waals surface area contributed by atoms with E-state index < -0.39 is 6.04 Å². The van der Waals surface area contributed by atoms with Gasteiger partial charge in [-0.25, -0.2) is 0 Å².